The van der Waals surface area contributed by atoms with Crippen molar-refractivity contribution in [2.45, 2.75) is 12.8 Å². The van der Waals surface area contributed by atoms with Crippen LogP contribution in [-0.2, 0) is 5.88 Å². The largest absolute Gasteiger partial charge is 0.493 e. The Morgan fingerprint density at radius 2 is 1.94 bits per heavy atom. The lowest BCUT2D eigenvalue weighted by Crippen LogP contribution is -1.90. The summed E-state index contributed by atoms with van der Waals surface area (Å²) in [6.45, 7) is 1.98. The van der Waals surface area contributed by atoms with Crippen LogP contribution >= 0.6 is 22.9 Å². The number of hydrogen-bond acceptors (Lipinski definition) is 4. The maximum Gasteiger partial charge on any atom is 0.161 e. The van der Waals surface area contributed by atoms with Crippen molar-refractivity contribution in [3.8, 4) is 21.9 Å². The van der Waals surface area contributed by atoms with Gasteiger partial charge >= 0.3 is 0 Å². The Kier molecular flexibility index (Phi) is 4.09. The maximum atomic E-state index is 5.81. The molecule has 0 radical (unpaired) electrons. The number of nitrogens with zero attached hydrogens (tertiary/aromatic N) is 1. The Bertz CT molecular complexity index is 554. The van der Waals surface area contributed by atoms with Gasteiger partial charge in [0, 0.05) is 0 Å². The van der Waals surface area contributed by atoms with Crippen LogP contribution in [0.15, 0.2) is 18.2 Å². The summed E-state index contributed by atoms with van der Waals surface area (Å²) in [6.07, 6.45) is 0. The van der Waals surface area contributed by atoms with Crippen molar-refractivity contribution in [2.24, 2.45) is 0 Å². The lowest BCUT2D eigenvalue weighted by molar-refractivity contribution is 0.355. The average molecular weight is 284 g/mol. The zero-order valence-corrected chi connectivity index (χ0v) is 12.1. The monoisotopic (exact) mass is 283 g/mol. The van der Waals surface area contributed by atoms with Crippen molar-refractivity contribution in [1.82, 2.24) is 4.98 Å². The minimum Gasteiger partial charge on any atom is -0.493 e. The number of rotatable bonds is 4. The Hall–Kier alpha value is -1.26. The fourth-order valence-corrected chi connectivity index (χ4v) is 2.89. The molecule has 1 aromatic carbocycles. The molecule has 0 saturated heterocycles. The third-order valence-corrected chi connectivity index (χ3v) is 4.22. The molecule has 3 nitrogen and oxygen atoms in total. The molecule has 96 valence electrons. The quantitative estimate of drug-likeness (QED) is 0.798. The van der Waals surface area contributed by atoms with Crippen LogP contribution in [0.3, 0.4) is 0 Å². The number of alkyl halides is 1. The summed E-state index contributed by atoms with van der Waals surface area (Å²) < 4.78 is 10.5. The van der Waals surface area contributed by atoms with Crippen molar-refractivity contribution < 1.29 is 9.47 Å². The lowest BCUT2D eigenvalue weighted by atomic mass is 10.1. The fraction of sp³-hybridized carbons (Fsp3) is 0.308. The van der Waals surface area contributed by atoms with E-state index in [1.807, 2.05) is 25.1 Å². The molecule has 18 heavy (non-hydrogen) atoms. The highest BCUT2D eigenvalue weighted by molar-refractivity contribution is 7.15. The van der Waals surface area contributed by atoms with Crippen LogP contribution in [0.25, 0.3) is 10.4 Å². The molecule has 0 bridgehead atoms. The first kappa shape index (κ1) is 13.2. The second-order valence-corrected chi connectivity index (χ2v) is 5.08. The van der Waals surface area contributed by atoms with Crippen molar-refractivity contribution in [3.05, 3.63) is 28.9 Å². The number of methoxy groups -OCH3 is 2. The predicted octanol–water partition coefficient (Wildman–Crippen LogP) is 3.87. The maximum absolute atomic E-state index is 5.81. The highest BCUT2D eigenvalue weighted by Crippen LogP contribution is 2.36. The van der Waals surface area contributed by atoms with Gasteiger partial charge in [-0.2, -0.15) is 0 Å². The minimum atomic E-state index is 0.443. The molecule has 0 unspecified atom stereocenters. The summed E-state index contributed by atoms with van der Waals surface area (Å²) in [5.41, 5.74) is 2.06. The Balaban J connectivity index is 2.47. The number of ether oxygens (including phenoxy) is 2. The lowest BCUT2D eigenvalue weighted by Gasteiger charge is -2.08. The summed E-state index contributed by atoms with van der Waals surface area (Å²) in [4.78, 5) is 5.54. The first-order valence-electron chi connectivity index (χ1n) is 5.44. The number of benzene rings is 1. The molecule has 2 rings (SSSR count). The second-order valence-electron chi connectivity index (χ2n) is 3.73. The van der Waals surface area contributed by atoms with E-state index in [1.54, 1.807) is 25.6 Å². The third-order valence-electron chi connectivity index (χ3n) is 2.60. The number of thiazole rings is 1. The average Bonchev–Trinajstić information content (AvgIpc) is 2.79. The van der Waals surface area contributed by atoms with E-state index in [-0.39, 0.29) is 0 Å². The molecule has 2 aromatic rings. The van der Waals surface area contributed by atoms with E-state index in [0.717, 1.165) is 32.6 Å². The molecular formula is C13H14ClNO2S. The van der Waals surface area contributed by atoms with Gasteiger partial charge in [0.25, 0.3) is 0 Å². The number of hydrogen-bond donors (Lipinski definition) is 0. The second kappa shape index (κ2) is 5.59. The zero-order chi connectivity index (χ0) is 13.1. The van der Waals surface area contributed by atoms with Gasteiger partial charge in [0.1, 0.15) is 5.01 Å². The summed E-state index contributed by atoms with van der Waals surface area (Å²) in [5, 5.41) is 0.930. The minimum absolute atomic E-state index is 0.443. The van der Waals surface area contributed by atoms with Gasteiger partial charge in [-0.25, -0.2) is 4.98 Å². The van der Waals surface area contributed by atoms with Crippen LogP contribution in [0.2, 0.25) is 0 Å². The van der Waals surface area contributed by atoms with E-state index >= 15 is 0 Å². The molecule has 0 N–H and O–H groups in total. The highest BCUT2D eigenvalue weighted by atomic mass is 35.5. The van der Waals surface area contributed by atoms with Gasteiger partial charge in [-0.15, -0.1) is 22.9 Å². The van der Waals surface area contributed by atoms with Crippen molar-refractivity contribution in [3.63, 3.8) is 0 Å². The number of aryl methyl sites for hydroxylation is 1. The summed E-state index contributed by atoms with van der Waals surface area (Å²) in [6, 6.07) is 5.85. The van der Waals surface area contributed by atoms with Crippen LogP contribution in [0.1, 0.15) is 10.7 Å². The molecule has 1 aromatic heterocycles. The third kappa shape index (κ3) is 2.44. The van der Waals surface area contributed by atoms with Gasteiger partial charge in [-0.3, -0.25) is 0 Å². The fourth-order valence-electron chi connectivity index (χ4n) is 1.75. The zero-order valence-electron chi connectivity index (χ0n) is 10.5. The predicted molar refractivity (Wildman–Crippen MR) is 74.9 cm³/mol. The Morgan fingerprint density at radius 1 is 1.22 bits per heavy atom. The SMILES string of the molecule is COc1ccc(-c2sc(CCl)nc2C)cc1OC. The molecule has 0 aliphatic carbocycles. The highest BCUT2D eigenvalue weighted by Gasteiger charge is 2.12. The molecule has 1 heterocycles. The standard InChI is InChI=1S/C13H14ClNO2S/c1-8-13(18-12(7-14)15-8)9-4-5-10(16-2)11(6-9)17-3/h4-6H,7H2,1-3H3. The number of halogens is 1. The van der Waals surface area contributed by atoms with Crippen LogP contribution in [0.4, 0.5) is 0 Å². The first-order chi connectivity index (χ1) is 8.69. The first-order valence-corrected chi connectivity index (χ1v) is 6.79. The molecular weight excluding hydrogens is 270 g/mol. The van der Waals surface area contributed by atoms with Gasteiger partial charge in [0.05, 0.1) is 30.7 Å². The summed E-state index contributed by atoms with van der Waals surface area (Å²) in [5.74, 6) is 1.88. The topological polar surface area (TPSA) is 31.4 Å². The summed E-state index contributed by atoms with van der Waals surface area (Å²) in [7, 11) is 3.26. The van der Waals surface area contributed by atoms with Gasteiger partial charge in [0.15, 0.2) is 11.5 Å². The Labute approximate surface area is 115 Å². The molecule has 0 spiro atoms. The van der Waals surface area contributed by atoms with E-state index in [2.05, 4.69) is 4.98 Å². The normalized spacial score (nSPS) is 10.4. The van der Waals surface area contributed by atoms with E-state index in [0.29, 0.717) is 5.88 Å². The van der Waals surface area contributed by atoms with Crippen molar-refractivity contribution in [1.29, 1.82) is 0 Å². The van der Waals surface area contributed by atoms with Gasteiger partial charge in [-0.05, 0) is 30.7 Å². The molecule has 0 atom stereocenters. The van der Waals surface area contributed by atoms with Crippen molar-refractivity contribution in [2.75, 3.05) is 14.2 Å². The van der Waals surface area contributed by atoms with Crippen LogP contribution < -0.4 is 9.47 Å². The number of aromatic nitrogens is 1. The van der Waals surface area contributed by atoms with E-state index in [1.165, 1.54) is 0 Å². The van der Waals surface area contributed by atoms with E-state index in [4.69, 9.17) is 21.1 Å². The Morgan fingerprint density at radius 3 is 2.50 bits per heavy atom. The molecule has 0 amide bonds. The van der Waals surface area contributed by atoms with Gasteiger partial charge < -0.3 is 9.47 Å². The van der Waals surface area contributed by atoms with E-state index in [9.17, 15) is 0 Å². The van der Waals surface area contributed by atoms with E-state index < -0.39 is 0 Å². The molecule has 5 heteroatoms. The van der Waals surface area contributed by atoms with Crippen molar-refractivity contribution >= 4 is 22.9 Å². The van der Waals surface area contributed by atoms with Crippen LogP contribution in [-0.4, -0.2) is 19.2 Å². The molecule has 0 aliphatic rings. The molecule has 0 fully saturated rings. The van der Waals surface area contributed by atoms with Crippen LogP contribution in [0.5, 0.6) is 11.5 Å². The van der Waals surface area contributed by atoms with Gasteiger partial charge in [0.2, 0.25) is 0 Å². The van der Waals surface area contributed by atoms with Crippen LogP contribution in [0, 0.1) is 6.92 Å². The molecule has 0 saturated carbocycles. The summed E-state index contributed by atoms with van der Waals surface area (Å²) >= 11 is 7.41. The molecule has 0 aliphatic heterocycles. The van der Waals surface area contributed by atoms with Gasteiger partial charge in [-0.1, -0.05) is 0 Å². The smallest absolute Gasteiger partial charge is 0.161 e.